The topological polar surface area (TPSA) is 71.8 Å². The zero-order valence-corrected chi connectivity index (χ0v) is 9.55. The number of rotatable bonds is 3. The molecule has 0 amide bonds. The van der Waals surface area contributed by atoms with Gasteiger partial charge in [-0.1, -0.05) is 30.3 Å². The number of benzene rings is 1. The van der Waals surface area contributed by atoms with Crippen molar-refractivity contribution < 1.29 is 9.62 Å². The predicted molar refractivity (Wildman–Crippen MR) is 68.0 cm³/mol. The molecule has 1 aromatic carbocycles. The second kappa shape index (κ2) is 4.74. The Morgan fingerprint density at radius 2 is 2.24 bits per heavy atom. The Kier molecular flexibility index (Phi) is 3.14. The van der Waals surface area contributed by atoms with Crippen molar-refractivity contribution in [3.05, 3.63) is 41.7 Å². The van der Waals surface area contributed by atoms with Crippen molar-refractivity contribution in [2.45, 2.75) is 13.3 Å². The van der Waals surface area contributed by atoms with Gasteiger partial charge in [0.1, 0.15) is 11.3 Å². The van der Waals surface area contributed by atoms with Gasteiger partial charge in [-0.05, 0) is 18.2 Å². The van der Waals surface area contributed by atoms with Gasteiger partial charge in [-0.2, -0.15) is 0 Å². The smallest absolute Gasteiger partial charge is 0.162 e. The standard InChI is InChI=1S/C13H14N2O2/c1-2-11-10(7-8-13(14)15-16)9-5-3-4-6-12(9)17-11/h3-8,16H,2H2,1H3,(H2,14,15). The van der Waals surface area contributed by atoms with Crippen LogP contribution < -0.4 is 5.73 Å². The highest BCUT2D eigenvalue weighted by molar-refractivity contribution is 5.98. The van der Waals surface area contributed by atoms with Crippen molar-refractivity contribution in [1.29, 1.82) is 0 Å². The first-order valence-corrected chi connectivity index (χ1v) is 5.42. The zero-order valence-electron chi connectivity index (χ0n) is 9.55. The molecule has 4 heteroatoms. The number of amidine groups is 1. The number of nitrogens with zero attached hydrogens (tertiary/aromatic N) is 1. The van der Waals surface area contributed by atoms with Gasteiger partial charge in [-0.15, -0.1) is 0 Å². The van der Waals surface area contributed by atoms with E-state index in [0.717, 1.165) is 28.7 Å². The van der Waals surface area contributed by atoms with E-state index >= 15 is 0 Å². The van der Waals surface area contributed by atoms with E-state index in [2.05, 4.69) is 5.16 Å². The SMILES string of the molecule is CCc1oc2ccccc2c1C=C/C(N)=N/O. The summed E-state index contributed by atoms with van der Waals surface area (Å²) in [5.74, 6) is 0.963. The van der Waals surface area contributed by atoms with Gasteiger partial charge in [0.15, 0.2) is 5.84 Å². The zero-order chi connectivity index (χ0) is 12.3. The molecule has 4 nitrogen and oxygen atoms in total. The first-order chi connectivity index (χ1) is 8.26. The molecular weight excluding hydrogens is 216 g/mol. The fourth-order valence-corrected chi connectivity index (χ4v) is 1.76. The normalized spacial score (nSPS) is 12.6. The van der Waals surface area contributed by atoms with Crippen LogP contribution in [0.25, 0.3) is 17.0 Å². The number of oxime groups is 1. The van der Waals surface area contributed by atoms with E-state index in [4.69, 9.17) is 15.4 Å². The second-order valence-electron chi connectivity index (χ2n) is 3.65. The molecule has 0 aliphatic rings. The summed E-state index contributed by atoms with van der Waals surface area (Å²) in [6.07, 6.45) is 4.15. The molecule has 0 fully saturated rings. The van der Waals surface area contributed by atoms with Crippen LogP contribution in [0.5, 0.6) is 0 Å². The van der Waals surface area contributed by atoms with E-state index < -0.39 is 0 Å². The van der Waals surface area contributed by atoms with Gasteiger partial charge in [-0.25, -0.2) is 0 Å². The molecule has 88 valence electrons. The second-order valence-corrected chi connectivity index (χ2v) is 3.65. The molecule has 0 radical (unpaired) electrons. The van der Waals surface area contributed by atoms with Crippen LogP contribution in [-0.4, -0.2) is 11.0 Å². The summed E-state index contributed by atoms with van der Waals surface area (Å²) in [6.45, 7) is 2.03. The third-order valence-electron chi connectivity index (χ3n) is 2.57. The highest BCUT2D eigenvalue weighted by atomic mass is 16.4. The molecule has 0 aliphatic carbocycles. The first-order valence-electron chi connectivity index (χ1n) is 5.42. The predicted octanol–water partition coefficient (Wildman–Crippen LogP) is 2.75. The molecule has 17 heavy (non-hydrogen) atoms. The lowest BCUT2D eigenvalue weighted by Crippen LogP contribution is -2.06. The Morgan fingerprint density at radius 1 is 1.47 bits per heavy atom. The average molecular weight is 230 g/mol. The van der Waals surface area contributed by atoms with E-state index in [1.54, 1.807) is 12.2 Å². The average Bonchev–Trinajstić information content (AvgIpc) is 2.73. The number of aryl methyl sites for hydroxylation is 1. The van der Waals surface area contributed by atoms with Gasteiger partial charge in [0.05, 0.1) is 0 Å². The minimum absolute atomic E-state index is 0.0670. The summed E-state index contributed by atoms with van der Waals surface area (Å²) in [5, 5.41) is 12.4. The lowest BCUT2D eigenvalue weighted by atomic mass is 10.1. The molecule has 0 aliphatic heterocycles. The summed E-state index contributed by atoms with van der Waals surface area (Å²) < 4.78 is 5.72. The van der Waals surface area contributed by atoms with Crippen LogP contribution in [0.2, 0.25) is 0 Å². The monoisotopic (exact) mass is 230 g/mol. The summed E-state index contributed by atoms with van der Waals surface area (Å²) in [5.41, 5.74) is 7.24. The molecule has 3 N–H and O–H groups in total. The van der Waals surface area contributed by atoms with E-state index in [9.17, 15) is 0 Å². The Bertz CT molecular complexity index is 582. The van der Waals surface area contributed by atoms with E-state index in [1.807, 2.05) is 31.2 Å². The van der Waals surface area contributed by atoms with Crippen LogP contribution in [0.1, 0.15) is 18.2 Å². The summed E-state index contributed by atoms with van der Waals surface area (Å²) in [7, 11) is 0. The maximum absolute atomic E-state index is 8.49. The minimum atomic E-state index is 0.0670. The number of nitrogens with two attached hydrogens (primary N) is 1. The number of hydrogen-bond donors (Lipinski definition) is 2. The van der Waals surface area contributed by atoms with Crippen molar-refractivity contribution in [2.24, 2.45) is 10.9 Å². The lowest BCUT2D eigenvalue weighted by Gasteiger charge is -1.93. The number of hydrogen-bond acceptors (Lipinski definition) is 3. The summed E-state index contributed by atoms with van der Waals surface area (Å²) >= 11 is 0. The van der Waals surface area contributed by atoms with E-state index in [1.165, 1.54) is 0 Å². The third kappa shape index (κ3) is 2.15. The van der Waals surface area contributed by atoms with Gasteiger partial charge < -0.3 is 15.4 Å². The molecule has 1 heterocycles. The Hall–Kier alpha value is -2.23. The summed E-state index contributed by atoms with van der Waals surface area (Å²) in [6, 6.07) is 7.81. The molecular formula is C13H14N2O2. The molecule has 0 spiro atoms. The van der Waals surface area contributed by atoms with Gasteiger partial charge >= 0.3 is 0 Å². The third-order valence-corrected chi connectivity index (χ3v) is 2.57. The maximum atomic E-state index is 8.49. The van der Waals surface area contributed by atoms with Gasteiger partial charge in [0, 0.05) is 17.4 Å². The van der Waals surface area contributed by atoms with Crippen LogP contribution in [0, 0.1) is 0 Å². The van der Waals surface area contributed by atoms with Crippen molar-refractivity contribution in [3.63, 3.8) is 0 Å². The van der Waals surface area contributed by atoms with Crippen molar-refractivity contribution in [3.8, 4) is 0 Å². The molecule has 0 bridgehead atoms. The van der Waals surface area contributed by atoms with Crippen LogP contribution in [0.4, 0.5) is 0 Å². The summed E-state index contributed by atoms with van der Waals surface area (Å²) in [4.78, 5) is 0. The molecule has 2 rings (SSSR count). The lowest BCUT2D eigenvalue weighted by molar-refractivity contribution is 0.319. The van der Waals surface area contributed by atoms with Crippen LogP contribution in [0.15, 0.2) is 39.9 Å². The Balaban J connectivity index is 2.54. The van der Waals surface area contributed by atoms with Crippen LogP contribution in [0.3, 0.4) is 0 Å². The highest BCUT2D eigenvalue weighted by Crippen LogP contribution is 2.27. The number of para-hydroxylation sites is 1. The van der Waals surface area contributed by atoms with Crippen LogP contribution >= 0.6 is 0 Å². The highest BCUT2D eigenvalue weighted by Gasteiger charge is 2.09. The van der Waals surface area contributed by atoms with Crippen LogP contribution in [-0.2, 0) is 6.42 Å². The van der Waals surface area contributed by atoms with Gasteiger partial charge in [-0.3, -0.25) is 0 Å². The number of furan rings is 1. The van der Waals surface area contributed by atoms with E-state index in [0.29, 0.717) is 0 Å². The molecule has 2 aromatic rings. The minimum Gasteiger partial charge on any atom is -0.460 e. The first kappa shape index (κ1) is 11.3. The fraction of sp³-hybridized carbons (Fsp3) is 0.154. The molecule has 0 unspecified atom stereocenters. The van der Waals surface area contributed by atoms with Gasteiger partial charge in [0.25, 0.3) is 0 Å². The quantitative estimate of drug-likeness (QED) is 0.368. The molecule has 1 aromatic heterocycles. The molecule has 0 saturated carbocycles. The fourth-order valence-electron chi connectivity index (χ4n) is 1.76. The Labute approximate surface area is 99.0 Å². The Morgan fingerprint density at radius 3 is 2.94 bits per heavy atom. The van der Waals surface area contributed by atoms with Crippen molar-refractivity contribution in [2.75, 3.05) is 0 Å². The number of fused-ring (bicyclic) bond motifs is 1. The van der Waals surface area contributed by atoms with Crippen molar-refractivity contribution >= 4 is 22.9 Å². The molecule has 0 atom stereocenters. The maximum Gasteiger partial charge on any atom is 0.162 e. The van der Waals surface area contributed by atoms with Crippen molar-refractivity contribution in [1.82, 2.24) is 0 Å². The van der Waals surface area contributed by atoms with E-state index in [-0.39, 0.29) is 5.84 Å². The molecule has 0 saturated heterocycles. The van der Waals surface area contributed by atoms with Gasteiger partial charge in [0.2, 0.25) is 0 Å². The largest absolute Gasteiger partial charge is 0.460 e.